The fourth-order valence-electron chi connectivity index (χ4n) is 4.05. The second-order valence-corrected chi connectivity index (χ2v) is 7.74. The van der Waals surface area contributed by atoms with Gasteiger partial charge in [-0.2, -0.15) is 13.2 Å². The molecule has 1 heterocycles. The number of nitrogens with one attached hydrogen (secondary N) is 2. The molecule has 1 aromatic rings. The van der Waals surface area contributed by atoms with E-state index >= 15 is 0 Å². The quantitative estimate of drug-likeness (QED) is 0.244. The van der Waals surface area contributed by atoms with Crippen LogP contribution in [0.25, 0.3) is 0 Å². The van der Waals surface area contributed by atoms with Crippen molar-refractivity contribution in [1.82, 2.24) is 15.5 Å². The van der Waals surface area contributed by atoms with E-state index in [-0.39, 0.29) is 54.2 Å². The van der Waals surface area contributed by atoms with Crippen molar-refractivity contribution in [2.24, 2.45) is 10.9 Å². The summed E-state index contributed by atoms with van der Waals surface area (Å²) in [6.07, 6.45) is 0.652. The predicted octanol–water partition coefficient (Wildman–Crippen LogP) is 3.66. The number of benzene rings is 1. The van der Waals surface area contributed by atoms with Gasteiger partial charge in [-0.15, -0.1) is 24.0 Å². The van der Waals surface area contributed by atoms with E-state index in [1.807, 2.05) is 4.90 Å². The number of nitrogens with zero attached hydrogens (tertiary/aromatic N) is 2. The normalized spacial score (nSPS) is 19.8. The van der Waals surface area contributed by atoms with Crippen molar-refractivity contribution < 1.29 is 22.7 Å². The van der Waals surface area contributed by atoms with Crippen molar-refractivity contribution in [3.8, 4) is 5.75 Å². The maximum absolute atomic E-state index is 13.0. The van der Waals surface area contributed by atoms with E-state index in [9.17, 15) is 18.0 Å². The third-order valence-corrected chi connectivity index (χ3v) is 5.61. The summed E-state index contributed by atoms with van der Waals surface area (Å²) in [5.74, 6) is 0.795. The molecule has 10 heteroatoms. The molecule has 2 aliphatic rings. The highest BCUT2D eigenvalue weighted by molar-refractivity contribution is 14.0. The Kier molecular flexibility index (Phi) is 9.70. The Morgan fingerprint density at radius 3 is 2.61 bits per heavy atom. The number of guanidine groups is 1. The number of aliphatic imine (C=N–C) groups is 1. The minimum absolute atomic E-state index is 0. The van der Waals surface area contributed by atoms with Crippen molar-refractivity contribution in [1.29, 1.82) is 0 Å². The molecule has 2 fully saturated rings. The smallest absolute Gasteiger partial charge is 0.419 e. The summed E-state index contributed by atoms with van der Waals surface area (Å²) >= 11 is 0. The number of rotatable bonds is 6. The number of likely N-dealkylation sites (tertiary alicyclic amines) is 1. The number of hydrogen-bond donors (Lipinski definition) is 2. The van der Waals surface area contributed by atoms with Gasteiger partial charge in [-0.3, -0.25) is 9.79 Å². The Morgan fingerprint density at radius 2 is 1.94 bits per heavy atom. The fourth-order valence-corrected chi connectivity index (χ4v) is 4.05. The number of ether oxygens (including phenoxy) is 1. The van der Waals surface area contributed by atoms with Crippen LogP contribution in [0.2, 0.25) is 0 Å². The summed E-state index contributed by atoms with van der Waals surface area (Å²) in [7, 11) is 1.63. The maximum Gasteiger partial charge on any atom is 0.419 e. The molecule has 2 N–H and O–H groups in total. The first-order valence-corrected chi connectivity index (χ1v) is 10.4. The average Bonchev–Trinajstić information content (AvgIpc) is 3.41. The van der Waals surface area contributed by atoms with Gasteiger partial charge in [0.1, 0.15) is 12.4 Å². The second-order valence-electron chi connectivity index (χ2n) is 7.74. The van der Waals surface area contributed by atoms with Crippen molar-refractivity contribution in [3.63, 3.8) is 0 Å². The Hall–Kier alpha value is -1.72. The summed E-state index contributed by atoms with van der Waals surface area (Å²) in [5.41, 5.74) is -0.787. The fraction of sp³-hybridized carbons (Fsp3) is 0.619. The van der Waals surface area contributed by atoms with E-state index in [0.29, 0.717) is 19.0 Å². The first-order chi connectivity index (χ1) is 14.4. The van der Waals surface area contributed by atoms with Crippen LogP contribution < -0.4 is 15.4 Å². The molecule has 0 bridgehead atoms. The summed E-state index contributed by atoms with van der Waals surface area (Å²) in [6, 6.07) is 5.26. The average molecular weight is 554 g/mol. The molecule has 0 spiro atoms. The largest absolute Gasteiger partial charge is 0.491 e. The number of carbonyl (C=O) groups excluding carboxylic acids is 1. The molecule has 1 amide bonds. The molecular formula is C21H30F3IN4O2. The van der Waals surface area contributed by atoms with Crippen LogP contribution >= 0.6 is 24.0 Å². The highest BCUT2D eigenvalue weighted by Gasteiger charge is 2.34. The van der Waals surface area contributed by atoms with Gasteiger partial charge in [0.25, 0.3) is 0 Å². The number of halogens is 4. The molecule has 174 valence electrons. The van der Waals surface area contributed by atoms with Gasteiger partial charge in [0.2, 0.25) is 5.91 Å². The third kappa shape index (κ3) is 7.15. The van der Waals surface area contributed by atoms with Crippen molar-refractivity contribution >= 4 is 35.8 Å². The predicted molar refractivity (Wildman–Crippen MR) is 124 cm³/mol. The molecule has 1 atom stereocenters. The van der Waals surface area contributed by atoms with E-state index in [1.165, 1.54) is 18.2 Å². The molecule has 1 aromatic carbocycles. The number of amides is 1. The topological polar surface area (TPSA) is 66.0 Å². The Balaban J connectivity index is 0.00000341. The number of carbonyl (C=O) groups is 1. The van der Waals surface area contributed by atoms with Crippen LogP contribution in [0.3, 0.4) is 0 Å². The van der Waals surface area contributed by atoms with Gasteiger partial charge in [0.15, 0.2) is 5.96 Å². The van der Waals surface area contributed by atoms with E-state index in [2.05, 4.69) is 15.6 Å². The van der Waals surface area contributed by atoms with Crippen LogP contribution in [0.5, 0.6) is 5.75 Å². The zero-order chi connectivity index (χ0) is 21.6. The van der Waals surface area contributed by atoms with E-state index in [1.54, 1.807) is 7.05 Å². The van der Waals surface area contributed by atoms with E-state index in [0.717, 1.165) is 44.7 Å². The standard InChI is InChI=1S/C21H29F3N4O2.HI/c1-25-20(26-11-13-30-18-9-5-4-8-17(18)21(22,23)24)27-16-10-12-28(14-16)19(29)15-6-2-3-7-15;/h4-5,8-9,15-16H,2-3,6-7,10-14H2,1H3,(H2,25,26,27);1H. The highest BCUT2D eigenvalue weighted by Crippen LogP contribution is 2.35. The minimum Gasteiger partial charge on any atom is -0.491 e. The van der Waals surface area contributed by atoms with E-state index < -0.39 is 11.7 Å². The maximum atomic E-state index is 13.0. The molecule has 0 radical (unpaired) electrons. The lowest BCUT2D eigenvalue weighted by Gasteiger charge is -2.21. The minimum atomic E-state index is -4.45. The Bertz CT molecular complexity index is 754. The second kappa shape index (κ2) is 11.8. The number of hydrogen-bond acceptors (Lipinski definition) is 3. The molecule has 6 nitrogen and oxygen atoms in total. The van der Waals surface area contributed by atoms with Crippen LogP contribution in [0.4, 0.5) is 13.2 Å². The first-order valence-electron chi connectivity index (χ1n) is 10.4. The van der Waals surface area contributed by atoms with Crippen LogP contribution in [0.1, 0.15) is 37.7 Å². The van der Waals surface area contributed by atoms with Gasteiger partial charge < -0.3 is 20.3 Å². The van der Waals surface area contributed by atoms with Gasteiger partial charge in [-0.1, -0.05) is 25.0 Å². The third-order valence-electron chi connectivity index (χ3n) is 5.61. The van der Waals surface area contributed by atoms with Crippen LogP contribution in [0.15, 0.2) is 29.3 Å². The lowest BCUT2D eigenvalue weighted by molar-refractivity contribution is -0.139. The first kappa shape index (κ1) is 25.5. The summed E-state index contributed by atoms with van der Waals surface area (Å²) in [5, 5.41) is 6.34. The van der Waals surface area contributed by atoms with Gasteiger partial charge in [0, 0.05) is 32.1 Å². The molecule has 1 aliphatic heterocycles. The highest BCUT2D eigenvalue weighted by atomic mass is 127. The van der Waals surface area contributed by atoms with Gasteiger partial charge >= 0.3 is 6.18 Å². The van der Waals surface area contributed by atoms with Crippen LogP contribution in [0, 0.1) is 5.92 Å². The zero-order valence-electron chi connectivity index (χ0n) is 17.6. The molecule has 1 saturated carbocycles. The lowest BCUT2D eigenvalue weighted by Crippen LogP contribution is -2.46. The van der Waals surface area contributed by atoms with Gasteiger partial charge in [-0.25, -0.2) is 0 Å². The molecular weight excluding hydrogens is 524 g/mol. The van der Waals surface area contributed by atoms with Crippen LogP contribution in [-0.2, 0) is 11.0 Å². The monoisotopic (exact) mass is 554 g/mol. The molecule has 1 aliphatic carbocycles. The molecule has 3 rings (SSSR count). The molecule has 1 unspecified atom stereocenters. The van der Waals surface area contributed by atoms with Crippen molar-refractivity contribution in [3.05, 3.63) is 29.8 Å². The Morgan fingerprint density at radius 1 is 1.23 bits per heavy atom. The number of alkyl halides is 3. The lowest BCUT2D eigenvalue weighted by atomic mass is 10.1. The SMILES string of the molecule is CN=C(NCCOc1ccccc1C(F)(F)F)NC1CCN(C(=O)C2CCCC2)C1.I. The summed E-state index contributed by atoms with van der Waals surface area (Å²) < 4.78 is 44.3. The van der Waals surface area contributed by atoms with Gasteiger partial charge in [0.05, 0.1) is 12.1 Å². The molecule has 0 aromatic heterocycles. The molecule has 1 saturated heterocycles. The molecule has 31 heavy (non-hydrogen) atoms. The number of para-hydroxylation sites is 1. The summed E-state index contributed by atoms with van der Waals surface area (Å²) in [6.45, 7) is 1.74. The van der Waals surface area contributed by atoms with Crippen molar-refractivity contribution in [2.45, 2.75) is 44.3 Å². The van der Waals surface area contributed by atoms with Crippen molar-refractivity contribution in [2.75, 3.05) is 33.3 Å². The van der Waals surface area contributed by atoms with Gasteiger partial charge in [-0.05, 0) is 31.4 Å². The zero-order valence-corrected chi connectivity index (χ0v) is 19.9. The van der Waals surface area contributed by atoms with E-state index in [4.69, 9.17) is 4.74 Å². The van der Waals surface area contributed by atoms with Crippen LogP contribution in [-0.4, -0.2) is 56.1 Å². The summed E-state index contributed by atoms with van der Waals surface area (Å²) in [4.78, 5) is 18.6. The Labute approximate surface area is 198 Å².